The summed E-state index contributed by atoms with van der Waals surface area (Å²) in [6.45, 7) is 17.1. The Hall–Kier alpha value is -2.95. The van der Waals surface area contributed by atoms with E-state index in [0.717, 1.165) is 15.6 Å². The van der Waals surface area contributed by atoms with Crippen LogP contribution in [-0.2, 0) is 20.5 Å². The molecule has 0 aliphatic heterocycles. The molecule has 3 aromatic heterocycles. The van der Waals surface area contributed by atoms with Crippen LogP contribution in [0.25, 0.3) is 32.5 Å². The molecule has 198 valence electrons. The molecule has 1 aromatic carbocycles. The highest BCUT2D eigenvalue weighted by Crippen LogP contribution is 2.39. The lowest BCUT2D eigenvalue weighted by Gasteiger charge is -2.36. The Morgan fingerprint density at radius 3 is 2.41 bits per heavy atom. The van der Waals surface area contributed by atoms with Crippen molar-refractivity contribution in [2.24, 2.45) is 0 Å². The lowest BCUT2D eigenvalue weighted by Crippen LogP contribution is -2.40. The van der Waals surface area contributed by atoms with E-state index >= 15 is 0 Å². The summed E-state index contributed by atoms with van der Waals surface area (Å²) in [7, 11) is -0.570. The van der Waals surface area contributed by atoms with Gasteiger partial charge in [-0.25, -0.2) is 14.2 Å². The van der Waals surface area contributed by atoms with Gasteiger partial charge in [-0.15, -0.1) is 11.3 Å². The number of ether oxygens (including phenoxy) is 2. The van der Waals surface area contributed by atoms with Gasteiger partial charge < -0.3 is 13.9 Å². The molecule has 0 bridgehead atoms. The van der Waals surface area contributed by atoms with Crippen LogP contribution in [0.1, 0.15) is 56.8 Å². The Labute approximate surface area is 222 Å². The number of thiophene rings is 1. The van der Waals surface area contributed by atoms with Crippen LogP contribution in [0, 0.1) is 0 Å². The summed E-state index contributed by atoms with van der Waals surface area (Å²) in [6, 6.07) is 9.60. The van der Waals surface area contributed by atoms with Gasteiger partial charge in [0, 0.05) is 5.39 Å². The van der Waals surface area contributed by atoms with Gasteiger partial charge in [0.2, 0.25) is 0 Å². The molecule has 3 heterocycles. The minimum absolute atomic E-state index is 0.111. The molecule has 37 heavy (non-hydrogen) atoms. The Bertz CT molecular complexity index is 1480. The van der Waals surface area contributed by atoms with Gasteiger partial charge in [-0.1, -0.05) is 26.8 Å². The van der Waals surface area contributed by atoms with Gasteiger partial charge in [0.25, 0.3) is 0 Å². The Kier molecular flexibility index (Phi) is 6.89. The number of carbonyl (C=O) groups is 2. The molecule has 0 saturated heterocycles. The van der Waals surface area contributed by atoms with Crippen molar-refractivity contribution in [3.05, 3.63) is 40.8 Å². The predicted molar refractivity (Wildman–Crippen MR) is 150 cm³/mol. The molecule has 0 radical (unpaired) electrons. The van der Waals surface area contributed by atoms with E-state index in [0.29, 0.717) is 33.9 Å². The molecule has 0 spiro atoms. The van der Waals surface area contributed by atoms with E-state index in [1.54, 1.807) is 10.6 Å². The third-order valence-corrected chi connectivity index (χ3v) is 12.3. The van der Waals surface area contributed by atoms with E-state index in [2.05, 4.69) is 44.1 Å². The van der Waals surface area contributed by atoms with Crippen LogP contribution in [0.5, 0.6) is 0 Å². The number of nitrogens with one attached hydrogen (secondary N) is 1. The van der Waals surface area contributed by atoms with E-state index in [9.17, 15) is 9.59 Å². The van der Waals surface area contributed by atoms with E-state index in [4.69, 9.17) is 13.9 Å². The zero-order chi connectivity index (χ0) is 27.3. The molecule has 0 unspecified atom stereocenters. The number of esters is 1. The maximum Gasteiger partial charge on any atom is 0.419 e. The van der Waals surface area contributed by atoms with Crippen molar-refractivity contribution in [2.45, 2.75) is 71.9 Å². The third-order valence-electron chi connectivity index (χ3n) is 6.71. The number of rotatable bonds is 5. The monoisotopic (exact) mass is 541 g/mol. The number of nitrogens with zero attached hydrogens (tertiary/aromatic N) is 2. The summed E-state index contributed by atoms with van der Waals surface area (Å²) in [5.41, 5.74) is 2.91. The average molecular weight is 542 g/mol. The van der Waals surface area contributed by atoms with Crippen molar-refractivity contribution in [3.8, 4) is 11.4 Å². The van der Waals surface area contributed by atoms with Crippen LogP contribution in [-0.4, -0.2) is 47.9 Å². The quantitative estimate of drug-likeness (QED) is 0.210. The number of aromatic amines is 1. The van der Waals surface area contributed by atoms with Gasteiger partial charge in [-0.2, -0.15) is 5.10 Å². The third kappa shape index (κ3) is 5.37. The first-order valence-electron chi connectivity index (χ1n) is 12.2. The zero-order valence-corrected chi connectivity index (χ0v) is 24.8. The average Bonchev–Trinajstić information content (AvgIpc) is 3.46. The summed E-state index contributed by atoms with van der Waals surface area (Å²) in [4.78, 5) is 26.0. The van der Waals surface area contributed by atoms with Crippen LogP contribution >= 0.6 is 11.3 Å². The topological polar surface area (TPSA) is 95.4 Å². The lowest BCUT2D eigenvalue weighted by molar-refractivity contribution is 0.0545. The van der Waals surface area contributed by atoms with Crippen molar-refractivity contribution in [3.63, 3.8) is 0 Å². The minimum Gasteiger partial charge on any atom is -0.465 e. The van der Waals surface area contributed by atoms with Crippen molar-refractivity contribution >= 4 is 52.8 Å². The van der Waals surface area contributed by atoms with E-state index < -0.39 is 26.0 Å². The van der Waals surface area contributed by atoms with Gasteiger partial charge >= 0.3 is 12.1 Å². The van der Waals surface area contributed by atoms with Gasteiger partial charge in [0.05, 0.1) is 35.1 Å². The molecular weight excluding hydrogens is 506 g/mol. The molecular formula is C27H35N3O5SSi. The van der Waals surface area contributed by atoms with E-state index in [1.165, 1.54) is 18.4 Å². The highest BCUT2D eigenvalue weighted by Gasteiger charge is 2.37. The first-order valence-corrected chi connectivity index (χ1v) is 15.9. The highest BCUT2D eigenvalue weighted by molar-refractivity contribution is 7.21. The van der Waals surface area contributed by atoms with Crippen LogP contribution in [0.2, 0.25) is 18.1 Å². The van der Waals surface area contributed by atoms with Crippen molar-refractivity contribution < 1.29 is 23.5 Å². The van der Waals surface area contributed by atoms with Gasteiger partial charge in [-0.3, -0.25) is 5.10 Å². The minimum atomic E-state index is -1.92. The summed E-state index contributed by atoms with van der Waals surface area (Å²) in [6.07, 6.45) is -0.497. The summed E-state index contributed by atoms with van der Waals surface area (Å²) in [5, 5.41) is 8.45. The zero-order valence-electron chi connectivity index (χ0n) is 22.9. The van der Waals surface area contributed by atoms with Crippen LogP contribution in [0.3, 0.4) is 0 Å². The highest BCUT2D eigenvalue weighted by atomic mass is 32.1. The van der Waals surface area contributed by atoms with Crippen molar-refractivity contribution in [1.29, 1.82) is 0 Å². The SMILES string of the molecule is COC(=O)c1cc2[nH]nc(-c3cc4cc(CO[Si](C)(C)C(C)(C)C)ccc4n3C(=O)OC(C)(C)C)c2s1. The number of carbonyl (C=O) groups excluding carboxylic acids is 2. The molecule has 0 saturated carbocycles. The number of fused-ring (bicyclic) bond motifs is 2. The number of benzene rings is 1. The van der Waals surface area contributed by atoms with Crippen molar-refractivity contribution in [1.82, 2.24) is 14.8 Å². The Balaban J connectivity index is 1.82. The molecule has 0 amide bonds. The standard InChI is InChI=1S/C27H35N3O5SSi/c1-26(2,3)35-25(32)30-19-11-10-16(15-34-37(8,9)27(4,5)6)12-17(19)13-20(30)22-23-18(28-29-22)14-21(36-23)24(31)33-7/h10-14H,15H2,1-9H3,(H,28,29). The van der Waals surface area contributed by atoms with Crippen LogP contribution in [0.15, 0.2) is 30.3 Å². The molecule has 4 aromatic rings. The first kappa shape index (κ1) is 27.1. The first-order chi connectivity index (χ1) is 17.1. The number of aromatic nitrogens is 3. The molecule has 8 nitrogen and oxygen atoms in total. The maximum absolute atomic E-state index is 13.4. The second kappa shape index (κ2) is 9.41. The van der Waals surface area contributed by atoms with Gasteiger partial charge in [0.1, 0.15) is 16.2 Å². The Morgan fingerprint density at radius 1 is 1.08 bits per heavy atom. The van der Waals surface area contributed by atoms with E-state index in [-0.39, 0.29) is 5.04 Å². The van der Waals surface area contributed by atoms with Crippen molar-refractivity contribution in [2.75, 3.05) is 7.11 Å². The maximum atomic E-state index is 13.4. The van der Waals surface area contributed by atoms with E-state index in [1.807, 2.05) is 45.0 Å². The molecule has 0 aliphatic rings. The summed E-state index contributed by atoms with van der Waals surface area (Å²) < 4.78 is 19.4. The van der Waals surface area contributed by atoms with Crippen LogP contribution < -0.4 is 0 Å². The number of hydrogen-bond donors (Lipinski definition) is 1. The molecule has 0 fully saturated rings. The van der Waals surface area contributed by atoms with Crippen LogP contribution in [0.4, 0.5) is 4.79 Å². The number of H-pyrrole nitrogens is 1. The molecule has 1 N–H and O–H groups in total. The fourth-order valence-electron chi connectivity index (χ4n) is 3.71. The Morgan fingerprint density at radius 2 is 1.78 bits per heavy atom. The van der Waals surface area contributed by atoms with Gasteiger partial charge in [-0.05, 0) is 68.7 Å². The molecule has 0 atom stereocenters. The van der Waals surface area contributed by atoms with Gasteiger partial charge in [0.15, 0.2) is 8.32 Å². The lowest BCUT2D eigenvalue weighted by atomic mass is 10.1. The summed E-state index contributed by atoms with van der Waals surface area (Å²) in [5.74, 6) is -0.417. The normalized spacial score (nSPS) is 12.9. The summed E-state index contributed by atoms with van der Waals surface area (Å²) >= 11 is 1.27. The molecule has 4 rings (SSSR count). The largest absolute Gasteiger partial charge is 0.465 e. The fourth-order valence-corrected chi connectivity index (χ4v) is 5.69. The molecule has 0 aliphatic carbocycles. The smallest absolute Gasteiger partial charge is 0.419 e. The predicted octanol–water partition coefficient (Wildman–Crippen LogP) is 7.34. The molecule has 10 heteroatoms. The second-order valence-electron chi connectivity index (χ2n) is 11.7. The fraction of sp³-hybridized carbons (Fsp3) is 0.444. The second-order valence-corrected chi connectivity index (χ2v) is 17.6. The number of methoxy groups -OCH3 is 1. The number of hydrogen-bond acceptors (Lipinski definition) is 7.